The highest BCUT2D eigenvalue weighted by atomic mass is 32.2. The van der Waals surface area contributed by atoms with Gasteiger partial charge in [0.05, 0.1) is 38.3 Å². The third-order valence-electron chi connectivity index (χ3n) is 5.58. The van der Waals surface area contributed by atoms with E-state index in [1.807, 2.05) is 18.2 Å². The van der Waals surface area contributed by atoms with Crippen LogP contribution in [0.2, 0.25) is 0 Å². The van der Waals surface area contributed by atoms with Gasteiger partial charge in [0.15, 0.2) is 11.5 Å². The number of methoxy groups -OCH3 is 2. The number of hydrogen-bond donors (Lipinski definition) is 2. The maximum Gasteiger partial charge on any atom is 0.253 e. The molecule has 9 nitrogen and oxygen atoms in total. The molecule has 10 heteroatoms. The highest BCUT2D eigenvalue weighted by molar-refractivity contribution is 7.88. The number of nitrogens with one attached hydrogen (secondary N) is 2. The van der Waals surface area contributed by atoms with Gasteiger partial charge in [0.1, 0.15) is 0 Å². The number of sulfonamides is 1. The zero-order chi connectivity index (χ0) is 26.8. The number of hydrogen-bond acceptors (Lipinski definition) is 6. The molecule has 0 saturated heterocycles. The van der Waals surface area contributed by atoms with Crippen molar-refractivity contribution < 1.29 is 27.5 Å². The van der Waals surface area contributed by atoms with Crippen molar-refractivity contribution in [3.8, 4) is 11.5 Å². The van der Waals surface area contributed by atoms with Crippen LogP contribution in [-0.4, -0.2) is 58.1 Å². The van der Waals surface area contributed by atoms with Crippen molar-refractivity contribution in [2.24, 2.45) is 0 Å². The summed E-state index contributed by atoms with van der Waals surface area (Å²) in [4.78, 5) is 25.6. The van der Waals surface area contributed by atoms with E-state index in [1.54, 1.807) is 68.8 Å². The van der Waals surface area contributed by atoms with Crippen molar-refractivity contribution in [3.63, 3.8) is 0 Å². The molecule has 3 aromatic rings. The monoisotopic (exact) mass is 525 g/mol. The second-order valence-corrected chi connectivity index (χ2v) is 10.3. The number of nitrogens with zero attached hydrogens (tertiary/aromatic N) is 1. The molecule has 0 fully saturated rings. The van der Waals surface area contributed by atoms with Crippen molar-refractivity contribution in [1.29, 1.82) is 0 Å². The molecule has 0 aliphatic carbocycles. The molecule has 0 aliphatic rings. The maximum atomic E-state index is 12.9. The molecule has 0 unspecified atom stereocenters. The normalized spacial score (nSPS) is 11.1. The third kappa shape index (κ3) is 8.06. The van der Waals surface area contributed by atoms with Crippen LogP contribution in [0.5, 0.6) is 11.5 Å². The number of rotatable bonds is 12. The van der Waals surface area contributed by atoms with E-state index >= 15 is 0 Å². The van der Waals surface area contributed by atoms with E-state index in [-0.39, 0.29) is 24.6 Å². The lowest BCUT2D eigenvalue weighted by Gasteiger charge is -2.20. The Kier molecular flexibility index (Phi) is 9.64. The van der Waals surface area contributed by atoms with Gasteiger partial charge in [0.25, 0.3) is 5.91 Å². The second-order valence-electron chi connectivity index (χ2n) is 8.31. The van der Waals surface area contributed by atoms with Gasteiger partial charge < -0.3 is 20.1 Å². The number of anilines is 1. The Labute approximate surface area is 217 Å². The number of amides is 2. The van der Waals surface area contributed by atoms with E-state index in [2.05, 4.69) is 10.6 Å². The molecular weight excluding hydrogens is 494 g/mol. The molecule has 37 heavy (non-hydrogen) atoms. The lowest BCUT2D eigenvalue weighted by molar-refractivity contribution is -0.116. The zero-order valence-corrected chi connectivity index (χ0v) is 21.9. The van der Waals surface area contributed by atoms with Gasteiger partial charge in [-0.15, -0.1) is 0 Å². The average molecular weight is 526 g/mol. The summed E-state index contributed by atoms with van der Waals surface area (Å²) in [6, 6.07) is 21.1. The van der Waals surface area contributed by atoms with Crippen molar-refractivity contribution >= 4 is 27.5 Å². The lowest BCUT2D eigenvalue weighted by atomic mass is 10.1. The van der Waals surface area contributed by atoms with E-state index in [0.717, 1.165) is 21.7 Å². The first-order valence-electron chi connectivity index (χ1n) is 11.6. The Morgan fingerprint density at radius 3 is 2.22 bits per heavy atom. The molecule has 2 amide bonds. The summed E-state index contributed by atoms with van der Waals surface area (Å²) < 4.78 is 36.2. The molecule has 196 valence electrons. The van der Waals surface area contributed by atoms with Gasteiger partial charge in [0.2, 0.25) is 15.9 Å². The summed E-state index contributed by atoms with van der Waals surface area (Å²) in [5.74, 6) is 0.320. The van der Waals surface area contributed by atoms with Gasteiger partial charge in [-0.25, -0.2) is 8.42 Å². The highest BCUT2D eigenvalue weighted by Gasteiger charge is 2.22. The fraction of sp³-hybridized carbons (Fsp3) is 0.259. The molecule has 0 heterocycles. The van der Waals surface area contributed by atoms with E-state index < -0.39 is 15.9 Å². The molecule has 3 rings (SSSR count). The third-order valence-corrected chi connectivity index (χ3v) is 6.78. The number of carbonyl (C=O) groups excluding carboxylic acids is 2. The molecular formula is C27H31N3O6S. The maximum absolute atomic E-state index is 12.9. The minimum Gasteiger partial charge on any atom is -0.493 e. The fourth-order valence-electron chi connectivity index (χ4n) is 3.67. The molecule has 2 N–H and O–H groups in total. The van der Waals surface area contributed by atoms with Gasteiger partial charge >= 0.3 is 0 Å². The first kappa shape index (κ1) is 27.7. The van der Waals surface area contributed by atoms with Crippen LogP contribution in [0.4, 0.5) is 5.69 Å². The fourth-order valence-corrected chi connectivity index (χ4v) is 4.40. The Morgan fingerprint density at radius 2 is 1.54 bits per heavy atom. The standard InChI is InChI=1S/C27H31N3O6S/c1-35-24-14-13-20(17-25(24)36-2)15-16-28-27(32)22-11-7-8-12-23(22)29-26(31)19-30(37(3,33)34)18-21-9-5-4-6-10-21/h4-14,17H,15-16,18-19H2,1-3H3,(H,28,32)(H,29,31). The van der Waals surface area contributed by atoms with Crippen LogP contribution in [0.15, 0.2) is 72.8 Å². The number of para-hydroxylation sites is 1. The average Bonchev–Trinajstić information content (AvgIpc) is 2.88. The number of ether oxygens (including phenoxy) is 2. The second kappa shape index (κ2) is 12.9. The van der Waals surface area contributed by atoms with Crippen LogP contribution in [0.1, 0.15) is 21.5 Å². The quantitative estimate of drug-likeness (QED) is 0.376. The van der Waals surface area contributed by atoms with E-state index in [1.165, 1.54) is 0 Å². The summed E-state index contributed by atoms with van der Waals surface area (Å²) in [6.07, 6.45) is 1.62. The van der Waals surface area contributed by atoms with Crippen LogP contribution >= 0.6 is 0 Å². The van der Waals surface area contributed by atoms with Crippen LogP contribution in [0, 0.1) is 0 Å². The van der Waals surface area contributed by atoms with Gasteiger partial charge in [-0.3, -0.25) is 9.59 Å². The van der Waals surface area contributed by atoms with Crippen molar-refractivity contribution in [2.75, 3.05) is 38.9 Å². The minimum absolute atomic E-state index is 0.0609. The predicted octanol–water partition coefficient (Wildman–Crippen LogP) is 3.08. The summed E-state index contributed by atoms with van der Waals surface area (Å²) in [5, 5.41) is 5.54. The van der Waals surface area contributed by atoms with Gasteiger partial charge in [0, 0.05) is 13.1 Å². The van der Waals surface area contributed by atoms with Gasteiger partial charge in [-0.1, -0.05) is 48.5 Å². The molecule has 0 bridgehead atoms. The van der Waals surface area contributed by atoms with E-state index in [9.17, 15) is 18.0 Å². The first-order valence-corrected chi connectivity index (χ1v) is 13.4. The summed E-state index contributed by atoms with van der Waals surface area (Å²) in [5.41, 5.74) is 2.29. The summed E-state index contributed by atoms with van der Waals surface area (Å²) in [6.45, 7) is 0.0316. The van der Waals surface area contributed by atoms with Crippen molar-refractivity contribution in [1.82, 2.24) is 9.62 Å². The smallest absolute Gasteiger partial charge is 0.253 e. The summed E-state index contributed by atoms with van der Waals surface area (Å²) in [7, 11) is -0.522. The van der Waals surface area contributed by atoms with Crippen LogP contribution < -0.4 is 20.1 Å². The number of benzene rings is 3. The summed E-state index contributed by atoms with van der Waals surface area (Å²) >= 11 is 0. The van der Waals surface area contributed by atoms with Crippen LogP contribution in [-0.2, 0) is 27.8 Å². The SMILES string of the molecule is COc1ccc(CCNC(=O)c2ccccc2NC(=O)CN(Cc2ccccc2)S(C)(=O)=O)cc1OC. The van der Waals surface area contributed by atoms with Gasteiger partial charge in [-0.2, -0.15) is 4.31 Å². The first-order chi connectivity index (χ1) is 17.7. The Balaban J connectivity index is 1.63. The minimum atomic E-state index is -3.65. The number of carbonyl (C=O) groups is 2. The van der Waals surface area contributed by atoms with Crippen molar-refractivity contribution in [3.05, 3.63) is 89.5 Å². The highest BCUT2D eigenvalue weighted by Crippen LogP contribution is 2.27. The molecule has 0 spiro atoms. The van der Waals surface area contributed by atoms with Gasteiger partial charge in [-0.05, 0) is 41.8 Å². The molecule has 0 atom stereocenters. The van der Waals surface area contributed by atoms with Crippen molar-refractivity contribution in [2.45, 2.75) is 13.0 Å². The largest absolute Gasteiger partial charge is 0.493 e. The topological polar surface area (TPSA) is 114 Å². The van der Waals surface area contributed by atoms with E-state index in [4.69, 9.17) is 9.47 Å². The van der Waals surface area contributed by atoms with E-state index in [0.29, 0.717) is 30.2 Å². The molecule has 0 saturated carbocycles. The lowest BCUT2D eigenvalue weighted by Crippen LogP contribution is -2.37. The molecule has 0 radical (unpaired) electrons. The Morgan fingerprint density at radius 1 is 0.865 bits per heavy atom. The Bertz CT molecular complexity index is 1330. The van der Waals surface area contributed by atoms with Crippen LogP contribution in [0.25, 0.3) is 0 Å². The molecule has 3 aromatic carbocycles. The van der Waals surface area contributed by atoms with Crippen LogP contribution in [0.3, 0.4) is 0 Å². The molecule has 0 aromatic heterocycles. The zero-order valence-electron chi connectivity index (χ0n) is 21.1. The predicted molar refractivity (Wildman–Crippen MR) is 142 cm³/mol. The Hall–Kier alpha value is -3.89. The molecule has 0 aliphatic heterocycles.